The fourth-order valence-corrected chi connectivity index (χ4v) is 4.01. The van der Waals surface area contributed by atoms with Gasteiger partial charge in [0.05, 0.1) is 11.6 Å². The molecule has 2 aromatic rings. The van der Waals surface area contributed by atoms with E-state index in [2.05, 4.69) is 27.8 Å². The summed E-state index contributed by atoms with van der Waals surface area (Å²) in [7, 11) is 0. The minimum absolute atomic E-state index is 0.379. The van der Waals surface area contributed by atoms with Crippen LogP contribution in [0.1, 0.15) is 18.2 Å². The van der Waals surface area contributed by atoms with Crippen molar-refractivity contribution in [1.29, 1.82) is 0 Å². The van der Waals surface area contributed by atoms with Gasteiger partial charge < -0.3 is 14.6 Å². The van der Waals surface area contributed by atoms with Gasteiger partial charge in [-0.1, -0.05) is 11.6 Å². The maximum atomic E-state index is 6.19. The highest BCUT2D eigenvalue weighted by Gasteiger charge is 2.26. The Labute approximate surface area is 136 Å². The fourth-order valence-electron chi connectivity index (χ4n) is 3.79. The summed E-state index contributed by atoms with van der Waals surface area (Å²) in [6.45, 7) is 8.45. The Balaban J connectivity index is 1.67. The summed E-state index contributed by atoms with van der Waals surface area (Å²) < 4.78 is 8.47. The molecule has 0 spiro atoms. The Morgan fingerprint density at radius 3 is 3.09 bits per heavy atom. The SMILES string of the molecule is Cc1cc2cc(Cl)cc3c2n1C(CN1CCCNCC1)CO3. The van der Waals surface area contributed by atoms with Crippen molar-refractivity contribution in [3.63, 3.8) is 0 Å². The molecule has 4 nitrogen and oxygen atoms in total. The van der Waals surface area contributed by atoms with E-state index in [-0.39, 0.29) is 0 Å². The van der Waals surface area contributed by atoms with Gasteiger partial charge in [0.1, 0.15) is 12.4 Å². The number of halogens is 1. The average molecular weight is 320 g/mol. The highest BCUT2D eigenvalue weighted by atomic mass is 35.5. The molecule has 1 N–H and O–H groups in total. The molecule has 2 aliphatic heterocycles. The van der Waals surface area contributed by atoms with Crippen LogP contribution in [0, 0.1) is 6.92 Å². The molecule has 22 heavy (non-hydrogen) atoms. The highest BCUT2D eigenvalue weighted by molar-refractivity contribution is 6.31. The molecule has 1 aromatic heterocycles. The Kier molecular flexibility index (Phi) is 3.76. The summed E-state index contributed by atoms with van der Waals surface area (Å²) in [5.41, 5.74) is 2.49. The van der Waals surface area contributed by atoms with E-state index in [1.165, 1.54) is 29.6 Å². The molecule has 4 rings (SSSR count). The van der Waals surface area contributed by atoms with Gasteiger partial charge in [0.15, 0.2) is 0 Å². The third-order valence-corrected chi connectivity index (χ3v) is 4.97. The highest BCUT2D eigenvalue weighted by Crippen LogP contribution is 2.38. The molecule has 0 aliphatic carbocycles. The van der Waals surface area contributed by atoms with E-state index in [0.717, 1.165) is 43.6 Å². The van der Waals surface area contributed by atoms with Crippen LogP contribution in [0.25, 0.3) is 10.9 Å². The summed E-state index contributed by atoms with van der Waals surface area (Å²) in [6, 6.07) is 6.57. The van der Waals surface area contributed by atoms with Crippen molar-refractivity contribution in [3.05, 3.63) is 28.9 Å². The first-order valence-corrected chi connectivity index (χ1v) is 8.47. The van der Waals surface area contributed by atoms with Crippen LogP contribution in [0.5, 0.6) is 5.75 Å². The largest absolute Gasteiger partial charge is 0.489 e. The number of ether oxygens (including phenoxy) is 1. The van der Waals surface area contributed by atoms with Gasteiger partial charge in [-0.3, -0.25) is 4.90 Å². The fraction of sp³-hybridized carbons (Fsp3) is 0.529. The van der Waals surface area contributed by atoms with Gasteiger partial charge >= 0.3 is 0 Å². The van der Waals surface area contributed by atoms with Gasteiger partial charge in [-0.15, -0.1) is 0 Å². The zero-order valence-corrected chi connectivity index (χ0v) is 13.7. The van der Waals surface area contributed by atoms with Crippen molar-refractivity contribution in [3.8, 4) is 5.75 Å². The van der Waals surface area contributed by atoms with Crippen LogP contribution in [-0.4, -0.2) is 48.8 Å². The third-order valence-electron chi connectivity index (χ3n) is 4.75. The van der Waals surface area contributed by atoms with Gasteiger partial charge in [0, 0.05) is 41.8 Å². The van der Waals surface area contributed by atoms with E-state index in [1.807, 2.05) is 12.1 Å². The van der Waals surface area contributed by atoms with Crippen LogP contribution >= 0.6 is 11.6 Å². The molecule has 1 fully saturated rings. The maximum absolute atomic E-state index is 6.19. The normalized spacial score (nSPS) is 22.5. The number of hydrogen-bond acceptors (Lipinski definition) is 3. The maximum Gasteiger partial charge on any atom is 0.145 e. The summed E-state index contributed by atoms with van der Waals surface area (Å²) in [5, 5.41) is 5.40. The molecule has 1 saturated heterocycles. The number of benzene rings is 1. The monoisotopic (exact) mass is 319 g/mol. The molecular weight excluding hydrogens is 298 g/mol. The summed E-state index contributed by atoms with van der Waals surface area (Å²) in [6.07, 6.45) is 1.22. The smallest absolute Gasteiger partial charge is 0.145 e. The Bertz CT molecular complexity index is 689. The molecule has 0 amide bonds. The molecule has 118 valence electrons. The van der Waals surface area contributed by atoms with Gasteiger partial charge in [-0.2, -0.15) is 0 Å². The first-order chi connectivity index (χ1) is 10.7. The van der Waals surface area contributed by atoms with Crippen LogP contribution in [0.2, 0.25) is 5.02 Å². The second-order valence-corrected chi connectivity index (χ2v) is 6.80. The number of nitrogens with zero attached hydrogens (tertiary/aromatic N) is 2. The van der Waals surface area contributed by atoms with E-state index in [9.17, 15) is 0 Å². The zero-order valence-electron chi connectivity index (χ0n) is 12.9. The van der Waals surface area contributed by atoms with Crippen molar-refractivity contribution in [2.24, 2.45) is 0 Å². The van der Waals surface area contributed by atoms with Crippen molar-refractivity contribution in [1.82, 2.24) is 14.8 Å². The van der Waals surface area contributed by atoms with E-state index in [4.69, 9.17) is 16.3 Å². The van der Waals surface area contributed by atoms with E-state index in [1.54, 1.807) is 0 Å². The second-order valence-electron chi connectivity index (χ2n) is 6.37. The van der Waals surface area contributed by atoms with Gasteiger partial charge in [0.2, 0.25) is 0 Å². The summed E-state index contributed by atoms with van der Waals surface area (Å²) in [4.78, 5) is 2.56. The lowest BCUT2D eigenvalue weighted by atomic mass is 10.2. The van der Waals surface area contributed by atoms with Gasteiger partial charge in [0.25, 0.3) is 0 Å². The quantitative estimate of drug-likeness (QED) is 0.923. The number of hydrogen-bond donors (Lipinski definition) is 1. The van der Waals surface area contributed by atoms with E-state index >= 15 is 0 Å². The van der Waals surface area contributed by atoms with Crippen LogP contribution in [0.3, 0.4) is 0 Å². The molecule has 1 unspecified atom stereocenters. The molecule has 2 aliphatic rings. The van der Waals surface area contributed by atoms with E-state index in [0.29, 0.717) is 6.04 Å². The van der Waals surface area contributed by atoms with Gasteiger partial charge in [-0.25, -0.2) is 0 Å². The lowest BCUT2D eigenvalue weighted by molar-refractivity contribution is 0.175. The average Bonchev–Trinajstić information content (AvgIpc) is 2.68. The second kappa shape index (κ2) is 5.76. The number of rotatable bonds is 2. The van der Waals surface area contributed by atoms with Crippen molar-refractivity contribution in [2.75, 3.05) is 39.3 Å². The predicted molar refractivity (Wildman–Crippen MR) is 90.1 cm³/mol. The van der Waals surface area contributed by atoms with Crippen molar-refractivity contribution >= 4 is 22.5 Å². The standard InChI is InChI=1S/C17H22ClN3O/c1-12-7-13-8-14(18)9-16-17(13)21(12)15(11-22-16)10-20-5-2-3-19-4-6-20/h7-9,15,19H,2-6,10-11H2,1H3. The minimum Gasteiger partial charge on any atom is -0.489 e. The lowest BCUT2D eigenvalue weighted by Crippen LogP contribution is -2.37. The first kappa shape index (κ1) is 14.4. The molecule has 0 radical (unpaired) electrons. The Morgan fingerprint density at radius 1 is 1.27 bits per heavy atom. The molecule has 1 atom stereocenters. The van der Waals surface area contributed by atoms with E-state index < -0.39 is 0 Å². The number of aryl methyl sites for hydroxylation is 1. The Morgan fingerprint density at radius 2 is 2.18 bits per heavy atom. The molecule has 5 heteroatoms. The van der Waals surface area contributed by atoms with Crippen LogP contribution in [0.4, 0.5) is 0 Å². The first-order valence-electron chi connectivity index (χ1n) is 8.09. The molecular formula is C17H22ClN3O. The molecule has 1 aromatic carbocycles. The topological polar surface area (TPSA) is 29.4 Å². The Hall–Kier alpha value is -1.23. The van der Waals surface area contributed by atoms with Crippen molar-refractivity contribution < 1.29 is 4.74 Å². The van der Waals surface area contributed by atoms with Crippen molar-refractivity contribution in [2.45, 2.75) is 19.4 Å². The lowest BCUT2D eigenvalue weighted by Gasteiger charge is -2.32. The van der Waals surface area contributed by atoms with Gasteiger partial charge in [-0.05, 0) is 38.6 Å². The zero-order chi connectivity index (χ0) is 15.1. The molecule has 0 bridgehead atoms. The van der Waals surface area contributed by atoms with Crippen LogP contribution < -0.4 is 10.1 Å². The summed E-state index contributed by atoms with van der Waals surface area (Å²) >= 11 is 6.19. The van der Waals surface area contributed by atoms with Crippen LogP contribution in [-0.2, 0) is 0 Å². The molecule has 0 saturated carbocycles. The predicted octanol–water partition coefficient (Wildman–Crippen LogP) is 2.83. The third kappa shape index (κ3) is 2.49. The van der Waals surface area contributed by atoms with Crippen LogP contribution in [0.15, 0.2) is 18.2 Å². The number of aromatic nitrogens is 1. The summed E-state index contributed by atoms with van der Waals surface area (Å²) in [5.74, 6) is 0.921. The minimum atomic E-state index is 0.379. The molecule has 3 heterocycles. The number of nitrogens with one attached hydrogen (secondary N) is 1.